The van der Waals surface area contributed by atoms with Crippen molar-refractivity contribution < 1.29 is 9.90 Å². The first-order chi connectivity index (χ1) is 11.1. The van der Waals surface area contributed by atoms with E-state index in [0.717, 1.165) is 41.5 Å². The maximum absolute atomic E-state index is 12.4. The van der Waals surface area contributed by atoms with Gasteiger partial charge in [0.2, 0.25) is 0 Å². The van der Waals surface area contributed by atoms with Crippen molar-refractivity contribution in [2.24, 2.45) is 0 Å². The second kappa shape index (κ2) is 7.25. The quantitative estimate of drug-likeness (QED) is 0.937. The maximum Gasteiger partial charge on any atom is 0.264 e. The van der Waals surface area contributed by atoms with Gasteiger partial charge in [0.15, 0.2) is 0 Å². The van der Waals surface area contributed by atoms with E-state index in [2.05, 4.69) is 4.90 Å². The molecular weight excluding hydrogens is 308 g/mol. The number of amides is 1. The summed E-state index contributed by atoms with van der Waals surface area (Å²) in [6.07, 6.45) is -0.474. The third-order valence-corrected chi connectivity index (χ3v) is 5.21. The molecule has 0 spiro atoms. The van der Waals surface area contributed by atoms with Crippen molar-refractivity contribution >= 4 is 17.2 Å². The second-order valence-electron chi connectivity index (χ2n) is 5.93. The number of rotatable bonds is 4. The molecule has 1 aromatic heterocycles. The van der Waals surface area contributed by atoms with E-state index < -0.39 is 6.10 Å². The maximum atomic E-state index is 12.4. The van der Waals surface area contributed by atoms with E-state index in [1.165, 1.54) is 0 Å². The molecule has 0 aliphatic carbocycles. The fraction of sp³-hybridized carbons (Fsp3) is 0.389. The van der Waals surface area contributed by atoms with Crippen LogP contribution in [-0.2, 0) is 0 Å². The Morgan fingerprint density at radius 3 is 2.43 bits per heavy atom. The molecule has 2 heterocycles. The van der Waals surface area contributed by atoms with Crippen LogP contribution >= 0.6 is 11.3 Å². The van der Waals surface area contributed by atoms with Gasteiger partial charge in [-0.2, -0.15) is 0 Å². The number of carbonyl (C=O) groups excluding carboxylic acids is 1. The Morgan fingerprint density at radius 1 is 1.13 bits per heavy atom. The zero-order valence-electron chi connectivity index (χ0n) is 13.3. The first-order valence-corrected chi connectivity index (χ1v) is 8.76. The summed E-state index contributed by atoms with van der Waals surface area (Å²) < 4.78 is 0. The molecule has 1 saturated heterocycles. The highest BCUT2D eigenvalue weighted by molar-refractivity contribution is 7.13. The van der Waals surface area contributed by atoms with Gasteiger partial charge in [-0.1, -0.05) is 30.3 Å². The normalized spacial score (nSPS) is 17.2. The van der Waals surface area contributed by atoms with Gasteiger partial charge in [0.1, 0.15) is 0 Å². The lowest BCUT2D eigenvalue weighted by atomic mass is 10.1. The highest BCUT2D eigenvalue weighted by Gasteiger charge is 2.24. The third kappa shape index (κ3) is 3.99. The summed E-state index contributed by atoms with van der Waals surface area (Å²) in [7, 11) is 0. The van der Waals surface area contributed by atoms with Crippen LogP contribution in [0.3, 0.4) is 0 Å². The molecule has 1 N–H and O–H groups in total. The molecule has 4 nitrogen and oxygen atoms in total. The van der Waals surface area contributed by atoms with Crippen molar-refractivity contribution in [3.63, 3.8) is 0 Å². The smallest absolute Gasteiger partial charge is 0.264 e. The molecule has 23 heavy (non-hydrogen) atoms. The molecule has 1 atom stereocenters. The largest absolute Gasteiger partial charge is 0.387 e. The van der Waals surface area contributed by atoms with Crippen molar-refractivity contribution in [2.75, 3.05) is 32.7 Å². The molecule has 1 aliphatic heterocycles. The van der Waals surface area contributed by atoms with Gasteiger partial charge in [-0.05, 0) is 24.6 Å². The Labute approximate surface area is 141 Å². The van der Waals surface area contributed by atoms with E-state index in [4.69, 9.17) is 0 Å². The molecule has 0 radical (unpaired) electrons. The summed E-state index contributed by atoms with van der Waals surface area (Å²) >= 11 is 1.55. The molecule has 1 amide bonds. The molecular formula is C18H22N2O2S. The molecule has 1 fully saturated rings. The van der Waals surface area contributed by atoms with Gasteiger partial charge >= 0.3 is 0 Å². The minimum atomic E-state index is -0.474. The van der Waals surface area contributed by atoms with Crippen LogP contribution in [0.5, 0.6) is 0 Å². The second-order valence-corrected chi connectivity index (χ2v) is 7.22. The fourth-order valence-electron chi connectivity index (χ4n) is 2.86. The van der Waals surface area contributed by atoms with E-state index >= 15 is 0 Å². The van der Waals surface area contributed by atoms with Crippen molar-refractivity contribution in [3.8, 4) is 0 Å². The molecule has 5 heteroatoms. The molecule has 1 unspecified atom stereocenters. The van der Waals surface area contributed by atoms with Crippen molar-refractivity contribution in [1.29, 1.82) is 0 Å². The molecule has 0 bridgehead atoms. The Hall–Kier alpha value is -1.69. The van der Waals surface area contributed by atoms with Crippen LogP contribution in [0.4, 0.5) is 0 Å². The standard InChI is InChI=1S/C18H22N2O2S/c1-14-7-8-17(23-14)18(22)20-11-9-19(10-12-20)13-16(21)15-5-3-2-4-6-15/h2-8,16,21H,9-13H2,1H3. The first-order valence-electron chi connectivity index (χ1n) is 7.94. The number of nitrogens with zero attached hydrogens (tertiary/aromatic N) is 2. The predicted molar refractivity (Wildman–Crippen MR) is 92.8 cm³/mol. The van der Waals surface area contributed by atoms with E-state index in [9.17, 15) is 9.90 Å². The third-order valence-electron chi connectivity index (χ3n) is 4.23. The number of aliphatic hydroxyl groups is 1. The van der Waals surface area contributed by atoms with Crippen molar-refractivity contribution in [1.82, 2.24) is 9.80 Å². The first kappa shape index (κ1) is 16.2. The Kier molecular flexibility index (Phi) is 5.10. The van der Waals surface area contributed by atoms with Gasteiger partial charge in [0.05, 0.1) is 11.0 Å². The highest BCUT2D eigenvalue weighted by Crippen LogP contribution is 2.19. The average Bonchev–Trinajstić information content (AvgIpc) is 3.02. The number of aliphatic hydroxyl groups excluding tert-OH is 1. The summed E-state index contributed by atoms with van der Waals surface area (Å²) in [4.78, 5) is 18.6. The minimum absolute atomic E-state index is 0.131. The number of piperazine rings is 1. The van der Waals surface area contributed by atoms with Crippen LogP contribution in [0.1, 0.15) is 26.2 Å². The van der Waals surface area contributed by atoms with Gasteiger partial charge in [0, 0.05) is 37.6 Å². The monoisotopic (exact) mass is 330 g/mol. The Balaban J connectivity index is 1.51. The summed E-state index contributed by atoms with van der Waals surface area (Å²) in [6.45, 7) is 5.68. The summed E-state index contributed by atoms with van der Waals surface area (Å²) in [5.41, 5.74) is 0.945. The van der Waals surface area contributed by atoms with E-state index in [0.29, 0.717) is 6.54 Å². The molecule has 1 aliphatic rings. The number of carbonyl (C=O) groups is 1. The van der Waals surface area contributed by atoms with Crippen LogP contribution in [0.2, 0.25) is 0 Å². The lowest BCUT2D eigenvalue weighted by molar-refractivity contribution is 0.0531. The molecule has 3 rings (SSSR count). The van der Waals surface area contributed by atoms with Crippen LogP contribution in [0.25, 0.3) is 0 Å². The molecule has 2 aromatic rings. The predicted octanol–water partition coefficient (Wildman–Crippen LogP) is 2.55. The van der Waals surface area contributed by atoms with Crippen molar-refractivity contribution in [3.05, 3.63) is 57.8 Å². The molecule has 0 saturated carbocycles. The highest BCUT2D eigenvalue weighted by atomic mass is 32.1. The van der Waals surface area contributed by atoms with Crippen LogP contribution in [0, 0.1) is 6.92 Å². The van der Waals surface area contributed by atoms with Crippen LogP contribution < -0.4 is 0 Å². The zero-order chi connectivity index (χ0) is 16.2. The summed E-state index contributed by atoms with van der Waals surface area (Å²) in [5, 5.41) is 10.3. The minimum Gasteiger partial charge on any atom is -0.387 e. The van der Waals surface area contributed by atoms with Gasteiger partial charge < -0.3 is 10.0 Å². The van der Waals surface area contributed by atoms with E-state index in [1.807, 2.05) is 54.3 Å². The number of hydrogen-bond acceptors (Lipinski definition) is 4. The SMILES string of the molecule is Cc1ccc(C(=O)N2CCN(CC(O)c3ccccc3)CC2)s1. The average molecular weight is 330 g/mol. The van der Waals surface area contributed by atoms with E-state index in [1.54, 1.807) is 11.3 Å². The van der Waals surface area contributed by atoms with E-state index in [-0.39, 0.29) is 5.91 Å². The van der Waals surface area contributed by atoms with Crippen LogP contribution in [-0.4, -0.2) is 53.5 Å². The summed E-state index contributed by atoms with van der Waals surface area (Å²) in [5.74, 6) is 0.131. The molecule has 122 valence electrons. The Bertz CT molecular complexity index is 648. The number of aryl methyl sites for hydroxylation is 1. The number of thiophene rings is 1. The lowest BCUT2D eigenvalue weighted by Crippen LogP contribution is -2.49. The zero-order valence-corrected chi connectivity index (χ0v) is 14.1. The van der Waals surface area contributed by atoms with Gasteiger partial charge in [-0.25, -0.2) is 0 Å². The fourth-order valence-corrected chi connectivity index (χ4v) is 3.70. The Morgan fingerprint density at radius 2 is 1.83 bits per heavy atom. The number of hydrogen-bond donors (Lipinski definition) is 1. The lowest BCUT2D eigenvalue weighted by Gasteiger charge is -2.35. The van der Waals surface area contributed by atoms with Gasteiger partial charge in [-0.3, -0.25) is 9.69 Å². The van der Waals surface area contributed by atoms with Crippen molar-refractivity contribution in [2.45, 2.75) is 13.0 Å². The number of β-amino-alcohol motifs (C(OH)–C–C–N with tert-alkyl or cyclic N) is 1. The summed E-state index contributed by atoms with van der Waals surface area (Å²) in [6, 6.07) is 13.6. The topological polar surface area (TPSA) is 43.8 Å². The van der Waals surface area contributed by atoms with Crippen LogP contribution in [0.15, 0.2) is 42.5 Å². The number of benzene rings is 1. The molecule has 1 aromatic carbocycles. The van der Waals surface area contributed by atoms with Gasteiger partial charge in [0.25, 0.3) is 5.91 Å². The van der Waals surface area contributed by atoms with Gasteiger partial charge in [-0.15, -0.1) is 11.3 Å².